The normalized spacial score (nSPS) is 22.8. The van der Waals surface area contributed by atoms with E-state index in [-0.39, 0.29) is 0 Å². The molecular weight excluding hydrogens is 154 g/mol. The van der Waals surface area contributed by atoms with Crippen LogP contribution in [0.3, 0.4) is 0 Å². The maximum atomic E-state index is 10.4. The highest BCUT2D eigenvalue weighted by molar-refractivity contribution is 5.67. The van der Waals surface area contributed by atoms with Crippen molar-refractivity contribution in [2.24, 2.45) is 5.92 Å². The van der Waals surface area contributed by atoms with Gasteiger partial charge in [0.1, 0.15) is 0 Å². The first-order chi connectivity index (χ1) is 5.59. The van der Waals surface area contributed by atoms with Crippen molar-refractivity contribution >= 4 is 5.97 Å². The van der Waals surface area contributed by atoms with Gasteiger partial charge in [-0.3, -0.25) is 4.79 Å². The first-order valence-electron chi connectivity index (χ1n) is 4.22. The van der Waals surface area contributed by atoms with E-state index in [0.29, 0.717) is 12.3 Å². The summed E-state index contributed by atoms with van der Waals surface area (Å²) in [5, 5.41) is 8.56. The molecule has 0 aromatic rings. The second kappa shape index (κ2) is 3.61. The molecule has 1 aliphatic heterocycles. The van der Waals surface area contributed by atoms with Crippen molar-refractivity contribution in [3.05, 3.63) is 12.3 Å². The van der Waals surface area contributed by atoms with Gasteiger partial charge in [0.05, 0.1) is 0 Å². The van der Waals surface area contributed by atoms with Gasteiger partial charge >= 0.3 is 5.97 Å². The zero-order chi connectivity index (χ0) is 9.14. The monoisotopic (exact) mass is 169 g/mol. The minimum Gasteiger partial charge on any atom is -0.481 e. The van der Waals surface area contributed by atoms with E-state index in [9.17, 15) is 4.79 Å². The van der Waals surface area contributed by atoms with Gasteiger partial charge in [-0.2, -0.15) is 0 Å². The van der Waals surface area contributed by atoms with E-state index in [1.807, 2.05) is 6.92 Å². The summed E-state index contributed by atoms with van der Waals surface area (Å²) in [6.07, 6.45) is 1.28. The molecule has 3 nitrogen and oxygen atoms in total. The van der Waals surface area contributed by atoms with Crippen molar-refractivity contribution < 1.29 is 9.90 Å². The molecule has 1 atom stereocenters. The summed E-state index contributed by atoms with van der Waals surface area (Å²) in [5.41, 5.74) is 1.04. The minimum atomic E-state index is -0.691. The number of nitrogens with zero attached hydrogens (tertiary/aromatic N) is 1. The first kappa shape index (κ1) is 9.10. The summed E-state index contributed by atoms with van der Waals surface area (Å²) in [4.78, 5) is 12.5. The number of likely N-dealkylation sites (tertiary alicyclic amines) is 1. The van der Waals surface area contributed by atoms with Crippen LogP contribution in [-0.4, -0.2) is 29.1 Å². The van der Waals surface area contributed by atoms with E-state index in [2.05, 4.69) is 11.5 Å². The van der Waals surface area contributed by atoms with Crippen LogP contribution in [-0.2, 0) is 4.79 Å². The molecule has 1 rings (SSSR count). The molecule has 0 aromatic heterocycles. The van der Waals surface area contributed by atoms with E-state index in [1.165, 1.54) is 0 Å². The Balaban J connectivity index is 2.35. The van der Waals surface area contributed by atoms with Gasteiger partial charge in [0.25, 0.3) is 0 Å². The van der Waals surface area contributed by atoms with Gasteiger partial charge in [0.2, 0.25) is 0 Å². The average molecular weight is 169 g/mol. The average Bonchev–Trinajstić information content (AvgIpc) is 2.34. The molecule has 3 heteroatoms. The number of hydrogen-bond donors (Lipinski definition) is 1. The molecule has 1 fully saturated rings. The van der Waals surface area contributed by atoms with E-state index in [4.69, 9.17) is 5.11 Å². The second-order valence-corrected chi connectivity index (χ2v) is 3.43. The second-order valence-electron chi connectivity index (χ2n) is 3.43. The molecule has 0 amide bonds. The van der Waals surface area contributed by atoms with E-state index >= 15 is 0 Å². The van der Waals surface area contributed by atoms with Crippen LogP contribution < -0.4 is 0 Å². The summed E-state index contributed by atoms with van der Waals surface area (Å²) in [6.45, 7) is 7.62. The highest BCUT2D eigenvalue weighted by Gasteiger charge is 2.23. The predicted octanol–water partition coefficient (Wildman–Crippen LogP) is 1.32. The van der Waals surface area contributed by atoms with Crippen molar-refractivity contribution in [3.8, 4) is 0 Å². The molecule has 1 unspecified atom stereocenters. The fourth-order valence-electron chi connectivity index (χ4n) is 1.59. The fraction of sp³-hybridized carbons (Fsp3) is 0.667. The van der Waals surface area contributed by atoms with Crippen LogP contribution in [0.25, 0.3) is 0 Å². The first-order valence-corrected chi connectivity index (χ1v) is 4.22. The lowest BCUT2D eigenvalue weighted by Crippen LogP contribution is -2.18. The van der Waals surface area contributed by atoms with Gasteiger partial charge in [-0.1, -0.05) is 6.58 Å². The number of aliphatic carboxylic acids is 1. The molecule has 0 aromatic carbocycles. The number of hydrogen-bond acceptors (Lipinski definition) is 2. The Morgan fingerprint density at radius 1 is 1.75 bits per heavy atom. The maximum absolute atomic E-state index is 10.4. The van der Waals surface area contributed by atoms with Crippen molar-refractivity contribution in [2.75, 3.05) is 13.1 Å². The number of carbonyl (C=O) groups is 1. The smallest absolute Gasteiger partial charge is 0.303 e. The van der Waals surface area contributed by atoms with Crippen LogP contribution in [0.1, 0.15) is 19.8 Å². The van der Waals surface area contributed by atoms with Crippen LogP contribution in [0.4, 0.5) is 0 Å². The summed E-state index contributed by atoms with van der Waals surface area (Å²) < 4.78 is 0. The summed E-state index contributed by atoms with van der Waals surface area (Å²) in [5.74, 6) is -0.372. The Hall–Kier alpha value is -0.990. The molecule has 0 spiro atoms. The molecule has 0 bridgehead atoms. The quantitative estimate of drug-likeness (QED) is 0.692. The molecule has 1 saturated heterocycles. The predicted molar refractivity (Wildman–Crippen MR) is 46.7 cm³/mol. The fourth-order valence-corrected chi connectivity index (χ4v) is 1.59. The molecule has 12 heavy (non-hydrogen) atoms. The lowest BCUT2D eigenvalue weighted by molar-refractivity contribution is -0.138. The van der Waals surface area contributed by atoms with Gasteiger partial charge in [-0.25, -0.2) is 0 Å². The zero-order valence-corrected chi connectivity index (χ0v) is 7.42. The van der Waals surface area contributed by atoms with Crippen LogP contribution >= 0.6 is 0 Å². The molecule has 1 aliphatic rings. The Bertz CT molecular complexity index is 201. The highest BCUT2D eigenvalue weighted by Crippen LogP contribution is 2.21. The number of carboxylic acids is 1. The highest BCUT2D eigenvalue weighted by atomic mass is 16.4. The van der Waals surface area contributed by atoms with E-state index in [1.54, 1.807) is 0 Å². The molecule has 1 N–H and O–H groups in total. The molecule has 68 valence electrons. The van der Waals surface area contributed by atoms with Gasteiger partial charge in [0, 0.05) is 25.2 Å². The van der Waals surface area contributed by atoms with Crippen molar-refractivity contribution in [2.45, 2.75) is 19.8 Å². The van der Waals surface area contributed by atoms with Gasteiger partial charge in [0.15, 0.2) is 0 Å². The van der Waals surface area contributed by atoms with Gasteiger partial charge in [-0.05, 0) is 19.3 Å². The van der Waals surface area contributed by atoms with Crippen molar-refractivity contribution in [1.82, 2.24) is 4.90 Å². The molecule has 0 radical (unpaired) electrons. The van der Waals surface area contributed by atoms with Gasteiger partial charge < -0.3 is 10.0 Å². The molecule has 1 heterocycles. The standard InChI is InChI=1S/C9H15NO2/c1-7(2)10-4-3-8(6-10)5-9(11)12/h8H,1,3-6H2,2H3,(H,11,12). The minimum absolute atomic E-state index is 0.295. The Kier molecular flexibility index (Phi) is 2.74. The van der Waals surface area contributed by atoms with Gasteiger partial charge in [-0.15, -0.1) is 0 Å². The van der Waals surface area contributed by atoms with Crippen molar-refractivity contribution in [1.29, 1.82) is 0 Å². The summed E-state index contributed by atoms with van der Waals surface area (Å²) in [6, 6.07) is 0. The van der Waals surface area contributed by atoms with Crippen LogP contribution in [0.15, 0.2) is 12.3 Å². The summed E-state index contributed by atoms with van der Waals surface area (Å²) >= 11 is 0. The third-order valence-corrected chi connectivity index (χ3v) is 2.29. The molecule has 0 aliphatic carbocycles. The lowest BCUT2D eigenvalue weighted by Gasteiger charge is -2.17. The number of allylic oxidation sites excluding steroid dienone is 1. The zero-order valence-electron chi connectivity index (χ0n) is 7.42. The Morgan fingerprint density at radius 2 is 2.42 bits per heavy atom. The number of carboxylic acid groups (broad SMARTS) is 1. The van der Waals surface area contributed by atoms with Crippen molar-refractivity contribution in [3.63, 3.8) is 0 Å². The molecule has 0 saturated carbocycles. The van der Waals surface area contributed by atoms with Crippen LogP contribution in [0.2, 0.25) is 0 Å². The number of rotatable bonds is 3. The molecular formula is C9H15NO2. The third kappa shape index (κ3) is 2.26. The van der Waals surface area contributed by atoms with Crippen LogP contribution in [0, 0.1) is 5.92 Å². The van der Waals surface area contributed by atoms with E-state index < -0.39 is 5.97 Å². The maximum Gasteiger partial charge on any atom is 0.303 e. The lowest BCUT2D eigenvalue weighted by atomic mass is 10.1. The SMILES string of the molecule is C=C(C)N1CCC(CC(=O)O)C1. The summed E-state index contributed by atoms with van der Waals surface area (Å²) in [7, 11) is 0. The Morgan fingerprint density at radius 3 is 2.83 bits per heavy atom. The van der Waals surface area contributed by atoms with Crippen LogP contribution in [0.5, 0.6) is 0 Å². The topological polar surface area (TPSA) is 40.5 Å². The van der Waals surface area contributed by atoms with E-state index in [0.717, 1.165) is 25.2 Å². The Labute approximate surface area is 72.7 Å². The largest absolute Gasteiger partial charge is 0.481 e. The third-order valence-electron chi connectivity index (χ3n) is 2.29.